The number of rotatable bonds is 8. The number of anilines is 1. The van der Waals surface area contributed by atoms with E-state index in [2.05, 4.69) is 11.2 Å². The van der Waals surface area contributed by atoms with Crippen LogP contribution in [0.5, 0.6) is 5.75 Å². The fourth-order valence-corrected chi connectivity index (χ4v) is 3.59. The van der Waals surface area contributed by atoms with Gasteiger partial charge in [0.15, 0.2) is 6.61 Å². The topological polar surface area (TPSA) is 99.9 Å². The summed E-state index contributed by atoms with van der Waals surface area (Å²) in [5, 5.41) is 3.26. The third-order valence-corrected chi connectivity index (χ3v) is 5.00. The number of hydrogen-bond donors (Lipinski definition) is 2. The first-order chi connectivity index (χ1) is 15.5. The number of carbonyl (C=O) groups is 2. The number of fused-ring (bicyclic) bond motifs is 1. The van der Waals surface area contributed by atoms with Crippen molar-refractivity contribution in [3.63, 3.8) is 0 Å². The van der Waals surface area contributed by atoms with Gasteiger partial charge in [0, 0.05) is 23.7 Å². The molecule has 0 aromatic heterocycles. The van der Waals surface area contributed by atoms with Gasteiger partial charge >= 0.3 is 11.9 Å². The zero-order valence-corrected chi connectivity index (χ0v) is 18.1. The van der Waals surface area contributed by atoms with Gasteiger partial charge in [-0.1, -0.05) is 24.1 Å². The van der Waals surface area contributed by atoms with Gasteiger partial charge in [-0.2, -0.15) is 0 Å². The highest BCUT2D eigenvalue weighted by Crippen LogP contribution is 2.42. The number of hydrogen-bond acceptors (Lipinski definition) is 7. The summed E-state index contributed by atoms with van der Waals surface area (Å²) in [5.74, 6) is 0.772. The maximum atomic E-state index is 12.6. The average molecular weight is 434 g/mol. The zero-order chi connectivity index (χ0) is 23.1. The van der Waals surface area contributed by atoms with Gasteiger partial charge in [-0.05, 0) is 49.2 Å². The van der Waals surface area contributed by atoms with Crippen LogP contribution in [-0.4, -0.2) is 31.7 Å². The van der Waals surface area contributed by atoms with E-state index in [1.165, 1.54) is 0 Å². The van der Waals surface area contributed by atoms with Crippen LogP contribution in [0.25, 0.3) is 11.1 Å². The van der Waals surface area contributed by atoms with Crippen LogP contribution in [0.15, 0.2) is 53.9 Å². The van der Waals surface area contributed by atoms with Crippen molar-refractivity contribution in [2.75, 3.05) is 25.1 Å². The number of benzene rings is 2. The smallest absolute Gasteiger partial charge is 0.340 e. The molecule has 32 heavy (non-hydrogen) atoms. The highest BCUT2D eigenvalue weighted by Gasteiger charge is 2.36. The van der Waals surface area contributed by atoms with Gasteiger partial charge in [0.2, 0.25) is 5.88 Å². The maximum absolute atomic E-state index is 12.6. The molecule has 7 heteroatoms. The molecular weight excluding hydrogens is 408 g/mol. The van der Waals surface area contributed by atoms with Crippen molar-refractivity contribution in [2.45, 2.75) is 26.2 Å². The number of nitrogens with one attached hydrogen (secondary N) is 1. The van der Waals surface area contributed by atoms with Crippen LogP contribution >= 0.6 is 0 Å². The van der Waals surface area contributed by atoms with E-state index in [0.29, 0.717) is 11.3 Å². The van der Waals surface area contributed by atoms with E-state index in [4.69, 9.17) is 26.4 Å². The predicted molar refractivity (Wildman–Crippen MR) is 122 cm³/mol. The van der Waals surface area contributed by atoms with Crippen LogP contribution in [-0.2, 0) is 19.1 Å². The summed E-state index contributed by atoms with van der Waals surface area (Å²) < 4.78 is 15.9. The lowest BCUT2D eigenvalue weighted by molar-refractivity contribution is -0.142. The molecule has 0 aliphatic carbocycles. The summed E-state index contributed by atoms with van der Waals surface area (Å²) >= 11 is 0. The summed E-state index contributed by atoms with van der Waals surface area (Å²) in [5.41, 5.74) is 9.69. The molecule has 1 aliphatic heterocycles. The third-order valence-electron chi connectivity index (χ3n) is 5.00. The van der Waals surface area contributed by atoms with E-state index in [0.717, 1.165) is 23.4 Å². The van der Waals surface area contributed by atoms with E-state index in [1.807, 2.05) is 43.3 Å². The van der Waals surface area contributed by atoms with Crippen molar-refractivity contribution in [2.24, 2.45) is 5.73 Å². The summed E-state index contributed by atoms with van der Waals surface area (Å²) in [4.78, 5) is 25.0. The van der Waals surface area contributed by atoms with Crippen LogP contribution in [0.1, 0.15) is 31.7 Å². The number of ether oxygens (including phenoxy) is 3. The predicted octanol–water partition coefficient (Wildman–Crippen LogP) is 3.56. The Morgan fingerprint density at radius 3 is 2.50 bits per heavy atom. The maximum Gasteiger partial charge on any atom is 0.340 e. The van der Waals surface area contributed by atoms with E-state index in [1.54, 1.807) is 13.0 Å². The molecular formula is C25H26N2O5. The van der Waals surface area contributed by atoms with E-state index >= 15 is 0 Å². The molecule has 0 bridgehead atoms. The second-order valence-electron chi connectivity index (χ2n) is 7.08. The largest absolute Gasteiger partial charge is 0.462 e. The van der Waals surface area contributed by atoms with E-state index in [9.17, 15) is 9.59 Å². The second-order valence-corrected chi connectivity index (χ2v) is 7.08. The Labute approximate surface area is 187 Å². The summed E-state index contributed by atoms with van der Waals surface area (Å²) in [6, 6.07) is 13.5. The van der Waals surface area contributed by atoms with Crippen molar-refractivity contribution in [1.29, 1.82) is 0 Å². The van der Waals surface area contributed by atoms with Crippen molar-refractivity contribution >= 4 is 17.6 Å². The first kappa shape index (κ1) is 22.8. The van der Waals surface area contributed by atoms with Crippen LogP contribution in [0, 0.1) is 12.3 Å². The minimum absolute atomic E-state index is 0.0894. The van der Waals surface area contributed by atoms with Gasteiger partial charge in [0.25, 0.3) is 0 Å². The molecule has 0 radical (unpaired) electrons. The van der Waals surface area contributed by atoms with E-state index in [-0.39, 0.29) is 31.1 Å². The molecule has 0 saturated carbocycles. The molecule has 0 spiro atoms. The van der Waals surface area contributed by atoms with Crippen LogP contribution in [0.3, 0.4) is 0 Å². The molecule has 1 unspecified atom stereocenters. The number of nitrogens with two attached hydrogens (primary N) is 1. The summed E-state index contributed by atoms with van der Waals surface area (Å²) in [6.45, 7) is 4.57. The highest BCUT2D eigenvalue weighted by molar-refractivity contribution is 5.93. The molecule has 2 aromatic carbocycles. The van der Waals surface area contributed by atoms with Crippen molar-refractivity contribution in [1.82, 2.24) is 0 Å². The monoisotopic (exact) mass is 434 g/mol. The number of terminal acetylenes is 1. The van der Waals surface area contributed by atoms with Gasteiger partial charge in [-0.25, -0.2) is 4.79 Å². The normalized spacial score (nSPS) is 14.6. The van der Waals surface area contributed by atoms with Gasteiger partial charge in [0.05, 0.1) is 13.0 Å². The van der Waals surface area contributed by atoms with Gasteiger partial charge < -0.3 is 25.3 Å². The van der Waals surface area contributed by atoms with Crippen LogP contribution in [0.4, 0.5) is 5.69 Å². The van der Waals surface area contributed by atoms with E-state index < -0.39 is 17.9 Å². The van der Waals surface area contributed by atoms with Crippen molar-refractivity contribution in [3.05, 3.63) is 59.5 Å². The lowest BCUT2D eigenvalue weighted by Crippen LogP contribution is -2.28. The Kier molecular flexibility index (Phi) is 7.40. The molecule has 166 valence electrons. The van der Waals surface area contributed by atoms with Crippen molar-refractivity contribution in [3.8, 4) is 29.2 Å². The zero-order valence-electron chi connectivity index (χ0n) is 18.1. The first-order valence-electron chi connectivity index (χ1n) is 10.4. The summed E-state index contributed by atoms with van der Waals surface area (Å²) in [6.07, 6.45) is 5.05. The lowest BCUT2D eigenvalue weighted by atomic mass is 9.84. The molecule has 0 fully saturated rings. The molecule has 1 aliphatic rings. The molecule has 2 aromatic rings. The molecule has 7 nitrogen and oxygen atoms in total. The van der Waals surface area contributed by atoms with Gasteiger partial charge in [0.1, 0.15) is 11.3 Å². The van der Waals surface area contributed by atoms with Crippen molar-refractivity contribution < 1.29 is 23.8 Å². The van der Waals surface area contributed by atoms with Gasteiger partial charge in [-0.15, -0.1) is 6.42 Å². The lowest BCUT2D eigenvalue weighted by Gasteiger charge is -2.28. The number of esters is 2. The minimum atomic E-state index is -0.691. The standard InChI is InChI=1S/C25H26N2O5/c1-4-13-31-22(28)15-20-19-14-17(16-7-10-18(11-8-16)27-5-2)9-12-21(19)32-24(26)23(20)25(29)30-6-3/h1,7-12,14,20,27H,5-6,13,15,26H2,2-3H3. The number of carbonyl (C=O) groups excluding carboxylic acids is 2. The molecule has 1 heterocycles. The molecule has 1 atom stereocenters. The highest BCUT2D eigenvalue weighted by atomic mass is 16.5. The Balaban J connectivity index is 2.01. The fourth-order valence-electron chi connectivity index (χ4n) is 3.59. The average Bonchev–Trinajstić information content (AvgIpc) is 2.78. The fraction of sp³-hybridized carbons (Fsp3) is 0.280. The third kappa shape index (κ3) is 5.03. The Morgan fingerprint density at radius 1 is 1.12 bits per heavy atom. The van der Waals surface area contributed by atoms with Crippen LogP contribution < -0.4 is 15.8 Å². The van der Waals surface area contributed by atoms with Crippen LogP contribution in [0.2, 0.25) is 0 Å². The molecule has 3 N–H and O–H groups in total. The Bertz CT molecular complexity index is 1070. The molecule has 0 amide bonds. The quantitative estimate of drug-likeness (QED) is 0.484. The van der Waals surface area contributed by atoms with Gasteiger partial charge in [-0.3, -0.25) is 4.79 Å². The Hall–Kier alpha value is -3.92. The molecule has 3 rings (SSSR count). The summed E-state index contributed by atoms with van der Waals surface area (Å²) in [7, 11) is 0. The minimum Gasteiger partial charge on any atom is -0.462 e. The molecule has 0 saturated heterocycles. The first-order valence-corrected chi connectivity index (χ1v) is 10.4. The second kappa shape index (κ2) is 10.4. The SMILES string of the molecule is C#CCOC(=O)CC1C(C(=O)OCC)=C(N)Oc2ccc(-c3ccc(NCC)cc3)cc21. The Morgan fingerprint density at radius 2 is 1.84 bits per heavy atom.